The lowest BCUT2D eigenvalue weighted by Crippen LogP contribution is -2.29. The van der Waals surface area contributed by atoms with Crippen molar-refractivity contribution in [3.05, 3.63) is 71.2 Å². The summed E-state index contributed by atoms with van der Waals surface area (Å²) in [4.78, 5) is 18.2. The maximum absolute atomic E-state index is 13.8. The molecule has 2 heterocycles. The fraction of sp³-hybridized carbons (Fsp3) is 0.345. The number of benzene rings is 2. The molecule has 0 atom stereocenters. The Labute approximate surface area is 220 Å². The van der Waals surface area contributed by atoms with Gasteiger partial charge < -0.3 is 10.4 Å². The van der Waals surface area contributed by atoms with E-state index in [2.05, 4.69) is 10.3 Å². The minimum Gasteiger partial charge on any atom is -0.389 e. The van der Waals surface area contributed by atoms with E-state index in [1.165, 1.54) is 17.8 Å². The molecule has 192 valence electrons. The van der Waals surface area contributed by atoms with Crippen LogP contribution in [0.25, 0.3) is 16.9 Å². The van der Waals surface area contributed by atoms with Gasteiger partial charge in [-0.2, -0.15) is 5.10 Å². The van der Waals surface area contributed by atoms with Crippen molar-refractivity contribution < 1.29 is 14.3 Å². The van der Waals surface area contributed by atoms with Crippen LogP contribution in [0.5, 0.6) is 0 Å². The summed E-state index contributed by atoms with van der Waals surface area (Å²) in [7, 11) is 0. The summed E-state index contributed by atoms with van der Waals surface area (Å²) in [6.45, 7) is 7.50. The van der Waals surface area contributed by atoms with E-state index in [1.807, 2.05) is 31.2 Å². The Kier molecular flexibility index (Phi) is 6.81. The Morgan fingerprint density at radius 1 is 1.16 bits per heavy atom. The lowest BCUT2D eigenvalue weighted by molar-refractivity contribution is 0.0943. The summed E-state index contributed by atoms with van der Waals surface area (Å²) < 4.78 is 15.6. The number of halogens is 1. The number of anilines is 1. The van der Waals surface area contributed by atoms with Gasteiger partial charge in [-0.05, 0) is 87.9 Å². The average molecular weight is 519 g/mol. The van der Waals surface area contributed by atoms with E-state index in [0.29, 0.717) is 35.1 Å². The zero-order valence-electron chi connectivity index (χ0n) is 21.5. The monoisotopic (exact) mass is 518 g/mol. The molecule has 0 bridgehead atoms. The highest BCUT2D eigenvalue weighted by molar-refractivity contribution is 7.99. The maximum atomic E-state index is 13.8. The van der Waals surface area contributed by atoms with Gasteiger partial charge in [0.1, 0.15) is 10.8 Å². The first-order valence-electron chi connectivity index (χ1n) is 12.5. The maximum Gasteiger partial charge on any atom is 0.177 e. The summed E-state index contributed by atoms with van der Waals surface area (Å²) in [5.41, 5.74) is 4.43. The van der Waals surface area contributed by atoms with Crippen molar-refractivity contribution in [2.45, 2.75) is 62.5 Å². The third-order valence-corrected chi connectivity index (χ3v) is 7.40. The first-order chi connectivity index (χ1) is 17.6. The minimum absolute atomic E-state index is 0.203. The fourth-order valence-electron chi connectivity index (χ4n) is 4.27. The quantitative estimate of drug-likeness (QED) is 0.247. The summed E-state index contributed by atoms with van der Waals surface area (Å²) in [6, 6.07) is 12.8. The Balaban J connectivity index is 1.54. The standard InChI is InChI=1S/C29H31FN4O2S/c1-17-11-20(7-9-22(17)26(35)13-19-5-6-19)25-15-31-28-24(32-16-29(3,4)36)14-27(33-34(25)28)37-21-8-10-23(30)18(2)12-21/h7-12,14-15,19,32,36H,5-6,13,16H2,1-4H3. The number of hydrogen-bond donors (Lipinski definition) is 2. The van der Waals surface area contributed by atoms with E-state index in [4.69, 9.17) is 5.10 Å². The zero-order valence-corrected chi connectivity index (χ0v) is 22.3. The normalized spacial score (nSPS) is 13.8. The number of nitrogens with one attached hydrogen (secondary N) is 1. The molecule has 2 aromatic carbocycles. The van der Waals surface area contributed by atoms with E-state index in [-0.39, 0.29) is 11.6 Å². The van der Waals surface area contributed by atoms with Crippen LogP contribution in [0.3, 0.4) is 0 Å². The van der Waals surface area contributed by atoms with Crippen LogP contribution in [-0.2, 0) is 0 Å². The van der Waals surface area contributed by atoms with Crippen LogP contribution in [0.4, 0.5) is 10.1 Å². The highest BCUT2D eigenvalue weighted by Gasteiger charge is 2.26. The number of fused-ring (bicyclic) bond motifs is 1. The molecule has 0 radical (unpaired) electrons. The number of aliphatic hydroxyl groups is 1. The predicted molar refractivity (Wildman–Crippen MR) is 145 cm³/mol. The first kappa shape index (κ1) is 25.4. The van der Waals surface area contributed by atoms with Crippen molar-refractivity contribution in [3.8, 4) is 11.3 Å². The molecule has 37 heavy (non-hydrogen) atoms. The second-order valence-corrected chi connectivity index (χ2v) is 11.6. The van der Waals surface area contributed by atoms with Gasteiger partial charge >= 0.3 is 0 Å². The minimum atomic E-state index is -0.920. The number of nitrogens with zero attached hydrogens (tertiary/aromatic N) is 3. The molecule has 8 heteroatoms. The van der Waals surface area contributed by atoms with E-state index in [9.17, 15) is 14.3 Å². The van der Waals surface area contributed by atoms with Crippen LogP contribution in [0.15, 0.2) is 58.6 Å². The second kappa shape index (κ2) is 9.91. The van der Waals surface area contributed by atoms with Crippen molar-refractivity contribution in [3.63, 3.8) is 0 Å². The lowest BCUT2D eigenvalue weighted by Gasteiger charge is -2.19. The van der Waals surface area contributed by atoms with Gasteiger partial charge in [0.05, 0.1) is 23.2 Å². The number of aromatic nitrogens is 3. The lowest BCUT2D eigenvalue weighted by atomic mass is 9.98. The van der Waals surface area contributed by atoms with Crippen LogP contribution in [0.2, 0.25) is 0 Å². The summed E-state index contributed by atoms with van der Waals surface area (Å²) in [6.07, 6.45) is 4.70. The van der Waals surface area contributed by atoms with Gasteiger partial charge in [-0.25, -0.2) is 13.9 Å². The van der Waals surface area contributed by atoms with E-state index >= 15 is 0 Å². The molecule has 1 fully saturated rings. The third-order valence-electron chi connectivity index (χ3n) is 6.50. The van der Waals surface area contributed by atoms with Crippen molar-refractivity contribution in [2.24, 2.45) is 5.92 Å². The van der Waals surface area contributed by atoms with Crippen molar-refractivity contribution in [1.82, 2.24) is 14.6 Å². The highest BCUT2D eigenvalue weighted by atomic mass is 32.2. The van der Waals surface area contributed by atoms with Crippen molar-refractivity contribution >= 4 is 28.9 Å². The number of carbonyl (C=O) groups is 1. The average Bonchev–Trinajstić information content (AvgIpc) is 3.54. The summed E-state index contributed by atoms with van der Waals surface area (Å²) in [5, 5.41) is 19.1. The number of hydrogen-bond acceptors (Lipinski definition) is 6. The molecule has 2 aromatic heterocycles. The molecule has 0 unspecified atom stereocenters. The van der Waals surface area contributed by atoms with Crippen molar-refractivity contribution in [2.75, 3.05) is 11.9 Å². The van der Waals surface area contributed by atoms with Gasteiger partial charge in [0.25, 0.3) is 0 Å². The van der Waals surface area contributed by atoms with Crippen molar-refractivity contribution in [1.29, 1.82) is 0 Å². The Hall–Kier alpha value is -3.23. The molecule has 4 aromatic rings. The van der Waals surface area contributed by atoms with Crippen LogP contribution in [-0.4, -0.2) is 37.6 Å². The number of Topliss-reactive ketones (excluding diaryl/α,β-unsaturated/α-hetero) is 1. The van der Waals surface area contributed by atoms with Gasteiger partial charge in [-0.1, -0.05) is 23.9 Å². The zero-order chi connectivity index (χ0) is 26.3. The molecule has 2 N–H and O–H groups in total. The Morgan fingerprint density at radius 3 is 2.62 bits per heavy atom. The van der Waals surface area contributed by atoms with Crippen LogP contribution in [0.1, 0.15) is 54.6 Å². The molecular weight excluding hydrogens is 487 g/mol. The van der Waals surface area contributed by atoms with Crippen LogP contribution in [0, 0.1) is 25.6 Å². The van der Waals surface area contributed by atoms with Gasteiger partial charge in [-0.15, -0.1) is 0 Å². The van der Waals surface area contributed by atoms with Gasteiger partial charge in [-0.3, -0.25) is 4.79 Å². The number of imidazole rings is 1. The largest absolute Gasteiger partial charge is 0.389 e. The molecule has 6 nitrogen and oxygen atoms in total. The van der Waals surface area contributed by atoms with E-state index < -0.39 is 5.60 Å². The van der Waals surface area contributed by atoms with Gasteiger partial charge in [0.2, 0.25) is 0 Å². The molecule has 5 rings (SSSR count). The van der Waals surface area contributed by atoms with Crippen LogP contribution < -0.4 is 5.32 Å². The second-order valence-electron chi connectivity index (χ2n) is 10.6. The number of ketones is 1. The number of carbonyl (C=O) groups excluding carboxylic acids is 1. The topological polar surface area (TPSA) is 79.5 Å². The van der Waals surface area contributed by atoms with Crippen LogP contribution >= 0.6 is 11.8 Å². The first-order valence-corrected chi connectivity index (χ1v) is 13.3. The molecule has 1 aliphatic carbocycles. The highest BCUT2D eigenvalue weighted by Crippen LogP contribution is 2.35. The third kappa shape index (κ3) is 5.86. The molecule has 0 aliphatic heterocycles. The fourth-order valence-corrected chi connectivity index (χ4v) is 5.18. The molecule has 0 amide bonds. The smallest absolute Gasteiger partial charge is 0.177 e. The predicted octanol–water partition coefficient (Wildman–Crippen LogP) is 6.47. The Morgan fingerprint density at radius 2 is 1.95 bits per heavy atom. The van der Waals surface area contributed by atoms with Gasteiger partial charge in [0.15, 0.2) is 11.4 Å². The molecule has 0 spiro atoms. The summed E-state index contributed by atoms with van der Waals surface area (Å²) in [5.74, 6) is 0.506. The molecule has 0 saturated heterocycles. The number of rotatable bonds is 9. The SMILES string of the molecule is Cc1cc(Sc2cc(NCC(C)(C)O)c3ncc(-c4ccc(C(=O)CC5CC5)c(C)c4)n3n2)ccc1F. The summed E-state index contributed by atoms with van der Waals surface area (Å²) >= 11 is 1.43. The number of aryl methyl sites for hydroxylation is 2. The Bertz CT molecular complexity index is 1490. The molecule has 1 aliphatic rings. The van der Waals surface area contributed by atoms with Gasteiger partial charge in [0, 0.05) is 29.0 Å². The van der Waals surface area contributed by atoms with E-state index in [0.717, 1.165) is 45.8 Å². The molecular formula is C29H31FN4O2S. The van der Waals surface area contributed by atoms with E-state index in [1.54, 1.807) is 43.6 Å². The molecule has 1 saturated carbocycles.